The van der Waals surface area contributed by atoms with Crippen LogP contribution >= 0.6 is 0 Å². The van der Waals surface area contributed by atoms with Gasteiger partial charge < -0.3 is 14.6 Å². The van der Waals surface area contributed by atoms with Crippen LogP contribution in [0.15, 0.2) is 36.7 Å². The van der Waals surface area contributed by atoms with E-state index in [9.17, 15) is 4.79 Å². The molecule has 7 heteroatoms. The quantitative estimate of drug-likeness (QED) is 0.763. The largest absolute Gasteiger partial charge is 0.370 e. The van der Waals surface area contributed by atoms with Gasteiger partial charge in [-0.2, -0.15) is 5.10 Å². The summed E-state index contributed by atoms with van der Waals surface area (Å²) in [5.41, 5.74) is 1.29. The van der Waals surface area contributed by atoms with Crippen LogP contribution < -0.4 is 5.32 Å². The second kappa shape index (κ2) is 6.68. The normalized spacial score (nSPS) is 20.7. The zero-order valence-electron chi connectivity index (χ0n) is 14.1. The van der Waals surface area contributed by atoms with Crippen molar-refractivity contribution >= 4 is 16.8 Å². The Labute approximate surface area is 145 Å². The number of nitrogens with zero attached hydrogens (tertiary/aromatic N) is 3. The molecule has 4 rings (SSSR count). The van der Waals surface area contributed by atoms with E-state index in [2.05, 4.69) is 20.5 Å². The standard InChI is InChI=1S/C18H21N5O2/c1-23-9-8-19-17(23)16-12(5-4-10-25-16)11-20-18(24)15-13-6-2-3-7-14(13)21-22-15/h2-3,6-9,12,16H,4-5,10-11H2,1H3,(H,20,24)(H,21,22)/t12-,16+/m0/s1. The summed E-state index contributed by atoms with van der Waals surface area (Å²) in [6, 6.07) is 7.62. The van der Waals surface area contributed by atoms with E-state index in [0.717, 1.165) is 36.2 Å². The maximum absolute atomic E-state index is 12.6. The summed E-state index contributed by atoms with van der Waals surface area (Å²) >= 11 is 0. The van der Waals surface area contributed by atoms with Crippen LogP contribution in [0.4, 0.5) is 0 Å². The van der Waals surface area contributed by atoms with Crippen molar-refractivity contribution in [2.75, 3.05) is 13.2 Å². The fourth-order valence-electron chi connectivity index (χ4n) is 3.43. The van der Waals surface area contributed by atoms with Gasteiger partial charge in [0, 0.05) is 43.9 Å². The first-order chi connectivity index (χ1) is 12.2. The van der Waals surface area contributed by atoms with Crippen molar-refractivity contribution in [3.8, 4) is 0 Å². The number of H-pyrrole nitrogens is 1. The van der Waals surface area contributed by atoms with Crippen molar-refractivity contribution in [2.24, 2.45) is 13.0 Å². The molecule has 0 radical (unpaired) electrons. The summed E-state index contributed by atoms with van der Waals surface area (Å²) in [7, 11) is 1.96. The van der Waals surface area contributed by atoms with Gasteiger partial charge in [-0.3, -0.25) is 9.89 Å². The second-order valence-electron chi connectivity index (χ2n) is 6.42. The number of nitrogens with one attached hydrogen (secondary N) is 2. The molecular formula is C18H21N5O2. The van der Waals surface area contributed by atoms with E-state index in [0.29, 0.717) is 12.2 Å². The summed E-state index contributed by atoms with van der Waals surface area (Å²) in [4.78, 5) is 17.0. The molecule has 1 aliphatic rings. The number of fused-ring (bicyclic) bond motifs is 1. The molecule has 2 N–H and O–H groups in total. The minimum atomic E-state index is -0.165. The van der Waals surface area contributed by atoms with Crippen molar-refractivity contribution in [1.29, 1.82) is 0 Å². The van der Waals surface area contributed by atoms with E-state index in [1.165, 1.54) is 0 Å². The molecule has 3 heterocycles. The number of benzene rings is 1. The number of hydrogen-bond donors (Lipinski definition) is 2. The third-order valence-electron chi connectivity index (χ3n) is 4.77. The predicted molar refractivity (Wildman–Crippen MR) is 93.1 cm³/mol. The Morgan fingerprint density at radius 2 is 2.32 bits per heavy atom. The third-order valence-corrected chi connectivity index (χ3v) is 4.77. The van der Waals surface area contributed by atoms with Gasteiger partial charge in [0.05, 0.1) is 5.52 Å². The Kier molecular flexibility index (Phi) is 4.23. The van der Waals surface area contributed by atoms with Crippen molar-refractivity contribution in [3.63, 3.8) is 0 Å². The highest BCUT2D eigenvalue weighted by Gasteiger charge is 2.30. The number of carbonyl (C=O) groups is 1. The molecule has 1 amide bonds. The van der Waals surface area contributed by atoms with Gasteiger partial charge in [-0.25, -0.2) is 4.98 Å². The number of imidazole rings is 1. The molecule has 0 unspecified atom stereocenters. The zero-order chi connectivity index (χ0) is 17.2. The molecule has 0 aliphatic carbocycles. The van der Waals surface area contributed by atoms with Gasteiger partial charge in [0.15, 0.2) is 5.69 Å². The molecule has 0 bridgehead atoms. The molecule has 3 aromatic rings. The average Bonchev–Trinajstić information content (AvgIpc) is 3.26. The summed E-state index contributed by atoms with van der Waals surface area (Å²) in [5, 5.41) is 10.9. The summed E-state index contributed by atoms with van der Waals surface area (Å²) in [6.07, 6.45) is 5.59. The monoisotopic (exact) mass is 339 g/mol. The molecule has 2 atom stereocenters. The highest BCUT2D eigenvalue weighted by molar-refractivity contribution is 6.04. The molecule has 0 spiro atoms. The average molecular weight is 339 g/mol. The first kappa shape index (κ1) is 15.8. The molecule has 25 heavy (non-hydrogen) atoms. The number of ether oxygens (including phenoxy) is 1. The van der Waals surface area contributed by atoms with Crippen LogP contribution in [-0.2, 0) is 11.8 Å². The summed E-state index contributed by atoms with van der Waals surface area (Å²) < 4.78 is 7.93. The number of amides is 1. The second-order valence-corrected chi connectivity index (χ2v) is 6.42. The van der Waals surface area contributed by atoms with Crippen LogP contribution in [0.3, 0.4) is 0 Å². The van der Waals surface area contributed by atoms with Crippen molar-refractivity contribution < 1.29 is 9.53 Å². The van der Waals surface area contributed by atoms with Crippen molar-refractivity contribution in [3.05, 3.63) is 48.2 Å². The topological polar surface area (TPSA) is 84.8 Å². The first-order valence-corrected chi connectivity index (χ1v) is 8.54. The van der Waals surface area contributed by atoms with Crippen molar-refractivity contribution in [1.82, 2.24) is 25.1 Å². The van der Waals surface area contributed by atoms with Gasteiger partial charge in [0.2, 0.25) is 0 Å². The Morgan fingerprint density at radius 3 is 3.16 bits per heavy atom. The Morgan fingerprint density at radius 1 is 1.44 bits per heavy atom. The summed E-state index contributed by atoms with van der Waals surface area (Å²) in [5.74, 6) is 0.940. The SMILES string of the molecule is Cn1ccnc1[C@@H]1OCCC[C@H]1CNC(=O)c1n[nH]c2ccccc12. The van der Waals surface area contributed by atoms with Crippen LogP contribution in [0.2, 0.25) is 0 Å². The minimum Gasteiger partial charge on any atom is -0.370 e. The molecule has 0 saturated carbocycles. The van der Waals surface area contributed by atoms with Gasteiger partial charge in [-0.15, -0.1) is 0 Å². The lowest BCUT2D eigenvalue weighted by Gasteiger charge is -2.31. The Balaban J connectivity index is 1.47. The van der Waals surface area contributed by atoms with E-state index in [4.69, 9.17) is 4.74 Å². The maximum atomic E-state index is 12.6. The van der Waals surface area contributed by atoms with Gasteiger partial charge in [-0.05, 0) is 18.9 Å². The van der Waals surface area contributed by atoms with Gasteiger partial charge in [0.25, 0.3) is 5.91 Å². The molecular weight excluding hydrogens is 318 g/mol. The predicted octanol–water partition coefficient (Wildman–Crippen LogP) is 2.19. The summed E-state index contributed by atoms with van der Waals surface area (Å²) in [6.45, 7) is 1.27. The molecule has 1 aromatic carbocycles. The molecule has 130 valence electrons. The fraction of sp³-hybridized carbons (Fsp3) is 0.389. The van der Waals surface area contributed by atoms with Gasteiger partial charge in [0.1, 0.15) is 11.9 Å². The third kappa shape index (κ3) is 3.02. The van der Waals surface area contributed by atoms with E-state index in [-0.39, 0.29) is 17.9 Å². The Bertz CT molecular complexity index is 884. The van der Waals surface area contributed by atoms with Crippen LogP contribution in [0.5, 0.6) is 0 Å². The van der Waals surface area contributed by atoms with E-state index < -0.39 is 0 Å². The maximum Gasteiger partial charge on any atom is 0.272 e. The van der Waals surface area contributed by atoms with E-state index in [1.54, 1.807) is 6.20 Å². The number of hydrogen-bond acceptors (Lipinski definition) is 4. The molecule has 7 nitrogen and oxygen atoms in total. The van der Waals surface area contributed by atoms with Gasteiger partial charge >= 0.3 is 0 Å². The smallest absolute Gasteiger partial charge is 0.272 e. The van der Waals surface area contributed by atoms with Gasteiger partial charge in [-0.1, -0.05) is 18.2 Å². The zero-order valence-corrected chi connectivity index (χ0v) is 14.1. The number of aryl methyl sites for hydroxylation is 1. The number of rotatable bonds is 4. The highest BCUT2D eigenvalue weighted by atomic mass is 16.5. The number of para-hydroxylation sites is 1. The highest BCUT2D eigenvalue weighted by Crippen LogP contribution is 2.32. The lowest BCUT2D eigenvalue weighted by atomic mass is 9.93. The number of aromatic nitrogens is 4. The van der Waals surface area contributed by atoms with Crippen LogP contribution in [0, 0.1) is 5.92 Å². The van der Waals surface area contributed by atoms with Crippen LogP contribution in [0.1, 0.15) is 35.3 Å². The molecule has 1 aliphatic heterocycles. The Hall–Kier alpha value is -2.67. The first-order valence-electron chi connectivity index (χ1n) is 8.54. The number of carbonyl (C=O) groups excluding carboxylic acids is 1. The van der Waals surface area contributed by atoms with Crippen molar-refractivity contribution in [2.45, 2.75) is 18.9 Å². The lowest BCUT2D eigenvalue weighted by molar-refractivity contribution is -0.0337. The van der Waals surface area contributed by atoms with E-state index in [1.807, 2.05) is 42.1 Å². The number of aromatic amines is 1. The molecule has 1 fully saturated rings. The van der Waals surface area contributed by atoms with Crippen LogP contribution in [-0.4, -0.2) is 38.8 Å². The lowest BCUT2D eigenvalue weighted by Crippen LogP contribution is -2.36. The van der Waals surface area contributed by atoms with E-state index >= 15 is 0 Å². The molecule has 1 saturated heterocycles. The molecule has 2 aromatic heterocycles. The van der Waals surface area contributed by atoms with Crippen LogP contribution in [0.25, 0.3) is 10.9 Å². The fourth-order valence-corrected chi connectivity index (χ4v) is 3.43. The minimum absolute atomic E-state index is 0.0926.